The average Bonchev–Trinajstić information content (AvgIpc) is 2.92. The van der Waals surface area contributed by atoms with Crippen LogP contribution in [0.25, 0.3) is 11.3 Å². The molecule has 2 heterocycles. The normalized spacial score (nSPS) is 22.2. The number of H-pyrrole nitrogens is 1. The van der Waals surface area contributed by atoms with Crippen molar-refractivity contribution in [3.63, 3.8) is 0 Å². The summed E-state index contributed by atoms with van der Waals surface area (Å²) in [5, 5.41) is 0. The van der Waals surface area contributed by atoms with Crippen molar-refractivity contribution in [2.24, 2.45) is 0 Å². The lowest BCUT2D eigenvalue weighted by molar-refractivity contribution is 0.0965. The van der Waals surface area contributed by atoms with Gasteiger partial charge in [-0.2, -0.15) is 0 Å². The summed E-state index contributed by atoms with van der Waals surface area (Å²) < 4.78 is 5.21. The smallest absolute Gasteiger partial charge is 0.305 e. The number of methoxy groups -OCH3 is 1. The molecule has 1 aliphatic rings. The molecule has 1 saturated heterocycles. The topological polar surface area (TPSA) is 45.3 Å². The molecule has 4 nitrogen and oxygen atoms in total. The molecule has 1 aromatic carbocycles. The number of aromatic amines is 1. The first-order chi connectivity index (χ1) is 11.1. The molecule has 1 aromatic heterocycles. The summed E-state index contributed by atoms with van der Waals surface area (Å²) in [5.74, 6) is 0.825. The Labute approximate surface area is 141 Å². The van der Waals surface area contributed by atoms with Crippen LogP contribution in [-0.4, -0.2) is 29.1 Å². The quantitative estimate of drug-likeness (QED) is 0.924. The Morgan fingerprint density at radius 3 is 2.48 bits per heavy atom. The van der Waals surface area contributed by atoms with Crippen molar-refractivity contribution >= 4 is 11.3 Å². The summed E-state index contributed by atoms with van der Waals surface area (Å²) >= 11 is 1.33. The molecular weight excluding hydrogens is 308 g/mol. The zero-order valence-corrected chi connectivity index (χ0v) is 14.8. The van der Waals surface area contributed by atoms with E-state index in [1.807, 2.05) is 24.3 Å². The number of aromatic nitrogens is 1. The number of likely N-dealkylation sites (tertiary alicyclic amines) is 1. The molecular formula is C18H24N2O2S. The molecule has 23 heavy (non-hydrogen) atoms. The van der Waals surface area contributed by atoms with Gasteiger partial charge in [-0.15, -0.1) is 0 Å². The van der Waals surface area contributed by atoms with Gasteiger partial charge in [0.1, 0.15) is 5.75 Å². The lowest BCUT2D eigenvalue weighted by Gasteiger charge is -2.38. The molecule has 0 aliphatic carbocycles. The van der Waals surface area contributed by atoms with Gasteiger partial charge in [0, 0.05) is 23.5 Å². The molecule has 1 aliphatic heterocycles. The molecule has 3 rings (SSSR count). The number of thiazole rings is 1. The Bertz CT molecular complexity index is 695. The molecule has 0 saturated carbocycles. The average molecular weight is 332 g/mol. The summed E-state index contributed by atoms with van der Waals surface area (Å²) in [6, 6.07) is 9.01. The van der Waals surface area contributed by atoms with Crippen LogP contribution in [0.5, 0.6) is 5.75 Å². The highest BCUT2D eigenvalue weighted by molar-refractivity contribution is 7.09. The third-order valence-electron chi connectivity index (χ3n) is 4.80. The van der Waals surface area contributed by atoms with E-state index < -0.39 is 0 Å². The van der Waals surface area contributed by atoms with E-state index in [0.29, 0.717) is 12.1 Å². The van der Waals surface area contributed by atoms with Crippen molar-refractivity contribution < 1.29 is 4.74 Å². The second kappa shape index (κ2) is 6.89. The summed E-state index contributed by atoms with van der Waals surface area (Å²) in [6.07, 6.45) is 3.77. The van der Waals surface area contributed by atoms with E-state index in [9.17, 15) is 4.79 Å². The van der Waals surface area contributed by atoms with E-state index >= 15 is 0 Å². The third-order valence-corrected chi connectivity index (χ3v) is 5.67. The molecule has 0 bridgehead atoms. The number of piperidine rings is 1. The van der Waals surface area contributed by atoms with Crippen LogP contribution in [-0.2, 0) is 6.54 Å². The Morgan fingerprint density at radius 2 is 1.87 bits per heavy atom. The minimum atomic E-state index is 0.0168. The molecule has 5 heteroatoms. The summed E-state index contributed by atoms with van der Waals surface area (Å²) in [7, 11) is 1.66. The number of nitrogens with zero attached hydrogens (tertiary/aromatic N) is 1. The van der Waals surface area contributed by atoms with Gasteiger partial charge < -0.3 is 9.72 Å². The maximum absolute atomic E-state index is 11.9. The van der Waals surface area contributed by atoms with Gasteiger partial charge in [0.25, 0.3) is 0 Å². The minimum Gasteiger partial charge on any atom is -0.497 e. The van der Waals surface area contributed by atoms with Crippen molar-refractivity contribution in [2.75, 3.05) is 7.11 Å². The van der Waals surface area contributed by atoms with Crippen molar-refractivity contribution in [2.45, 2.75) is 51.7 Å². The molecule has 2 unspecified atom stereocenters. The first-order valence-electron chi connectivity index (χ1n) is 8.20. The van der Waals surface area contributed by atoms with Crippen molar-refractivity contribution in [1.82, 2.24) is 9.88 Å². The van der Waals surface area contributed by atoms with E-state index in [1.165, 1.54) is 30.6 Å². The zero-order chi connectivity index (χ0) is 16.4. The highest BCUT2D eigenvalue weighted by atomic mass is 32.1. The largest absolute Gasteiger partial charge is 0.497 e. The van der Waals surface area contributed by atoms with Crippen LogP contribution in [0, 0.1) is 0 Å². The highest BCUT2D eigenvalue weighted by Crippen LogP contribution is 2.30. The van der Waals surface area contributed by atoms with Crippen LogP contribution >= 0.6 is 11.3 Å². The van der Waals surface area contributed by atoms with E-state index in [-0.39, 0.29) is 4.87 Å². The summed E-state index contributed by atoms with van der Waals surface area (Å²) in [5.41, 5.74) is 1.99. The SMILES string of the molecule is COc1ccc(-c2[nH]c(=O)sc2CN2C(C)CCCC2C)cc1. The second-order valence-corrected chi connectivity index (χ2v) is 7.41. The Kier molecular flexibility index (Phi) is 4.87. The monoisotopic (exact) mass is 332 g/mol. The summed E-state index contributed by atoms with van der Waals surface area (Å²) in [4.78, 5) is 18.6. The fourth-order valence-electron chi connectivity index (χ4n) is 3.41. The van der Waals surface area contributed by atoms with Gasteiger partial charge in [-0.3, -0.25) is 9.69 Å². The van der Waals surface area contributed by atoms with E-state index in [4.69, 9.17) is 4.74 Å². The lowest BCUT2D eigenvalue weighted by Crippen LogP contribution is -2.42. The maximum Gasteiger partial charge on any atom is 0.305 e. The molecule has 1 fully saturated rings. The van der Waals surface area contributed by atoms with Gasteiger partial charge in [0.15, 0.2) is 0 Å². The van der Waals surface area contributed by atoms with Gasteiger partial charge in [0.05, 0.1) is 12.8 Å². The van der Waals surface area contributed by atoms with Gasteiger partial charge in [-0.05, 0) is 56.5 Å². The fourth-order valence-corrected chi connectivity index (χ4v) is 4.28. The maximum atomic E-state index is 11.9. The summed E-state index contributed by atoms with van der Waals surface area (Å²) in [6.45, 7) is 5.42. The standard InChI is InChI=1S/C18H24N2O2S/c1-12-5-4-6-13(2)20(12)11-16-17(19-18(21)23-16)14-7-9-15(22-3)10-8-14/h7-10,12-13H,4-6,11H2,1-3H3,(H,19,21). The molecule has 0 radical (unpaired) electrons. The van der Waals surface area contributed by atoms with Crippen molar-refractivity contribution in [1.29, 1.82) is 0 Å². The Balaban J connectivity index is 1.89. The van der Waals surface area contributed by atoms with E-state index in [2.05, 4.69) is 23.7 Å². The second-order valence-electron chi connectivity index (χ2n) is 6.34. The first kappa shape index (κ1) is 16.3. The van der Waals surface area contributed by atoms with Crippen LogP contribution < -0.4 is 9.61 Å². The third kappa shape index (κ3) is 3.51. The molecule has 0 amide bonds. The number of hydrogen-bond acceptors (Lipinski definition) is 4. The van der Waals surface area contributed by atoms with Crippen LogP contribution in [0.4, 0.5) is 0 Å². The lowest BCUT2D eigenvalue weighted by atomic mass is 9.97. The predicted octanol–water partition coefficient (Wildman–Crippen LogP) is 3.87. The molecule has 1 N–H and O–H groups in total. The first-order valence-corrected chi connectivity index (χ1v) is 9.02. The number of benzene rings is 1. The number of ether oxygens (including phenoxy) is 1. The van der Waals surface area contributed by atoms with E-state index in [0.717, 1.165) is 28.4 Å². The molecule has 2 atom stereocenters. The van der Waals surface area contributed by atoms with Crippen LogP contribution in [0.15, 0.2) is 29.1 Å². The van der Waals surface area contributed by atoms with Crippen molar-refractivity contribution in [3.8, 4) is 17.0 Å². The molecule has 0 spiro atoms. The Hall–Kier alpha value is -1.59. The van der Waals surface area contributed by atoms with E-state index in [1.54, 1.807) is 7.11 Å². The van der Waals surface area contributed by atoms with Gasteiger partial charge in [-0.25, -0.2) is 0 Å². The number of nitrogens with one attached hydrogen (secondary N) is 1. The molecule has 124 valence electrons. The van der Waals surface area contributed by atoms with Crippen LogP contribution in [0.1, 0.15) is 38.0 Å². The zero-order valence-electron chi connectivity index (χ0n) is 14.0. The molecule has 2 aromatic rings. The Morgan fingerprint density at radius 1 is 1.22 bits per heavy atom. The van der Waals surface area contributed by atoms with Crippen LogP contribution in [0.2, 0.25) is 0 Å². The van der Waals surface area contributed by atoms with Crippen molar-refractivity contribution in [3.05, 3.63) is 38.8 Å². The van der Waals surface area contributed by atoms with Gasteiger partial charge in [-0.1, -0.05) is 17.8 Å². The van der Waals surface area contributed by atoms with Gasteiger partial charge in [0.2, 0.25) is 0 Å². The number of rotatable bonds is 4. The van der Waals surface area contributed by atoms with Crippen LogP contribution in [0.3, 0.4) is 0 Å². The highest BCUT2D eigenvalue weighted by Gasteiger charge is 2.26. The number of hydrogen-bond donors (Lipinski definition) is 1. The van der Waals surface area contributed by atoms with Gasteiger partial charge >= 0.3 is 4.87 Å². The predicted molar refractivity (Wildman–Crippen MR) is 95.2 cm³/mol. The minimum absolute atomic E-state index is 0.0168. The fraction of sp³-hybridized carbons (Fsp3) is 0.500.